The van der Waals surface area contributed by atoms with E-state index in [2.05, 4.69) is 20.6 Å². The highest BCUT2D eigenvalue weighted by atomic mass is 16.2. The Morgan fingerprint density at radius 3 is 2.54 bits per heavy atom. The van der Waals surface area contributed by atoms with Crippen LogP contribution in [0.1, 0.15) is 10.4 Å². The molecule has 0 fully saturated rings. The molecule has 0 aliphatic heterocycles. The summed E-state index contributed by atoms with van der Waals surface area (Å²) in [5, 5.41) is 7.31. The van der Waals surface area contributed by atoms with Crippen LogP contribution in [-0.2, 0) is 4.79 Å². The van der Waals surface area contributed by atoms with Crippen molar-refractivity contribution in [1.29, 1.82) is 0 Å². The van der Waals surface area contributed by atoms with E-state index in [0.717, 1.165) is 21.8 Å². The van der Waals surface area contributed by atoms with E-state index in [9.17, 15) is 9.59 Å². The number of H-pyrrole nitrogens is 1. The molecule has 0 spiro atoms. The fourth-order valence-corrected chi connectivity index (χ4v) is 2.78. The summed E-state index contributed by atoms with van der Waals surface area (Å²) >= 11 is 0. The van der Waals surface area contributed by atoms with Gasteiger partial charge >= 0.3 is 0 Å². The molecule has 128 valence electrons. The number of aromatic nitrogens is 2. The van der Waals surface area contributed by atoms with Crippen molar-refractivity contribution >= 4 is 39.6 Å². The number of nitrogens with one attached hydrogen (secondary N) is 3. The largest absolute Gasteiger partial charge is 0.343 e. The monoisotopic (exact) mass is 344 g/mol. The summed E-state index contributed by atoms with van der Waals surface area (Å²) < 4.78 is 0. The van der Waals surface area contributed by atoms with Crippen molar-refractivity contribution in [2.24, 2.45) is 0 Å². The molecular weight excluding hydrogens is 328 g/mol. The summed E-state index contributed by atoms with van der Waals surface area (Å²) in [6.45, 7) is -0.136. The van der Waals surface area contributed by atoms with Gasteiger partial charge in [-0.05, 0) is 35.0 Å². The zero-order chi connectivity index (χ0) is 17.9. The molecule has 3 aromatic carbocycles. The van der Waals surface area contributed by atoms with Crippen LogP contribution in [-0.4, -0.2) is 28.3 Å². The number of benzene rings is 3. The van der Waals surface area contributed by atoms with Crippen molar-refractivity contribution < 1.29 is 9.59 Å². The average molecular weight is 344 g/mol. The molecular formula is C20H16N4O2. The van der Waals surface area contributed by atoms with Crippen molar-refractivity contribution in [2.75, 3.05) is 11.9 Å². The van der Waals surface area contributed by atoms with E-state index < -0.39 is 0 Å². The number of nitrogens with zero attached hydrogens (tertiary/aromatic N) is 1. The van der Waals surface area contributed by atoms with E-state index in [1.54, 1.807) is 6.07 Å². The minimum absolute atomic E-state index is 0.136. The van der Waals surface area contributed by atoms with Gasteiger partial charge in [0.05, 0.1) is 17.6 Å². The molecule has 0 unspecified atom stereocenters. The molecule has 2 amide bonds. The summed E-state index contributed by atoms with van der Waals surface area (Å²) in [7, 11) is 0. The highest BCUT2D eigenvalue weighted by Gasteiger charge is 2.10. The topological polar surface area (TPSA) is 86.9 Å². The second kappa shape index (κ2) is 6.68. The first kappa shape index (κ1) is 15.8. The number of carbonyl (C=O) groups is 2. The van der Waals surface area contributed by atoms with E-state index in [0.29, 0.717) is 11.5 Å². The number of imidazole rings is 1. The van der Waals surface area contributed by atoms with Gasteiger partial charge in [0.15, 0.2) is 0 Å². The number of anilines is 1. The Morgan fingerprint density at radius 1 is 0.923 bits per heavy atom. The Balaban J connectivity index is 1.39. The van der Waals surface area contributed by atoms with Gasteiger partial charge in [0, 0.05) is 5.56 Å². The first-order chi connectivity index (χ1) is 12.7. The number of hydrogen-bond acceptors (Lipinski definition) is 3. The number of fused-ring (bicyclic) bond motifs is 2. The zero-order valence-electron chi connectivity index (χ0n) is 13.8. The lowest BCUT2D eigenvalue weighted by molar-refractivity contribution is -0.115. The molecule has 0 bridgehead atoms. The van der Waals surface area contributed by atoms with Gasteiger partial charge in [-0.2, -0.15) is 0 Å². The fourth-order valence-electron chi connectivity index (χ4n) is 2.78. The van der Waals surface area contributed by atoms with Crippen LogP contribution >= 0.6 is 0 Å². The quantitative estimate of drug-likeness (QED) is 0.532. The van der Waals surface area contributed by atoms with Crippen molar-refractivity contribution in [3.05, 3.63) is 72.3 Å². The molecule has 4 aromatic rings. The summed E-state index contributed by atoms with van der Waals surface area (Å²) in [5.41, 5.74) is 2.12. The summed E-state index contributed by atoms with van der Waals surface area (Å²) in [5.74, 6) is -0.287. The van der Waals surface area contributed by atoms with Crippen molar-refractivity contribution in [3.8, 4) is 0 Å². The zero-order valence-corrected chi connectivity index (χ0v) is 13.8. The normalized spacial score (nSPS) is 10.8. The maximum absolute atomic E-state index is 12.3. The van der Waals surface area contributed by atoms with Gasteiger partial charge in [-0.3, -0.25) is 14.9 Å². The third kappa shape index (κ3) is 3.25. The van der Waals surface area contributed by atoms with Gasteiger partial charge in [0.2, 0.25) is 11.9 Å². The second-order valence-corrected chi connectivity index (χ2v) is 5.90. The molecule has 0 saturated heterocycles. The number of aromatic amines is 1. The summed E-state index contributed by atoms with van der Waals surface area (Å²) in [4.78, 5) is 31.6. The lowest BCUT2D eigenvalue weighted by Crippen LogP contribution is -2.33. The minimum atomic E-state index is -0.349. The average Bonchev–Trinajstić information content (AvgIpc) is 3.08. The Bertz CT molecular complexity index is 1080. The van der Waals surface area contributed by atoms with E-state index >= 15 is 0 Å². The Kier molecular flexibility index (Phi) is 4.07. The molecule has 3 N–H and O–H groups in total. The van der Waals surface area contributed by atoms with Crippen LogP contribution in [0.5, 0.6) is 0 Å². The van der Waals surface area contributed by atoms with Crippen LogP contribution in [0.2, 0.25) is 0 Å². The summed E-state index contributed by atoms with van der Waals surface area (Å²) in [6, 6.07) is 20.7. The van der Waals surface area contributed by atoms with Crippen LogP contribution < -0.4 is 10.6 Å². The van der Waals surface area contributed by atoms with E-state index in [1.807, 2.05) is 60.7 Å². The molecule has 0 aliphatic rings. The molecule has 1 heterocycles. The van der Waals surface area contributed by atoms with E-state index in [-0.39, 0.29) is 18.4 Å². The number of carbonyl (C=O) groups excluding carboxylic acids is 2. The molecule has 0 saturated carbocycles. The maximum atomic E-state index is 12.3. The lowest BCUT2D eigenvalue weighted by Gasteiger charge is -2.06. The third-order valence-electron chi connectivity index (χ3n) is 4.07. The van der Waals surface area contributed by atoms with Gasteiger partial charge < -0.3 is 10.3 Å². The van der Waals surface area contributed by atoms with Gasteiger partial charge in [0.25, 0.3) is 5.91 Å². The molecule has 0 aliphatic carbocycles. The Labute approximate surface area is 149 Å². The van der Waals surface area contributed by atoms with Gasteiger partial charge in [-0.15, -0.1) is 0 Å². The molecule has 1 aromatic heterocycles. The number of rotatable bonds is 4. The van der Waals surface area contributed by atoms with Crippen LogP contribution in [0.3, 0.4) is 0 Å². The Hall–Kier alpha value is -3.67. The second-order valence-electron chi connectivity index (χ2n) is 5.90. The predicted octanol–water partition coefficient (Wildman–Crippen LogP) is 3.08. The molecule has 6 heteroatoms. The highest BCUT2D eigenvalue weighted by Crippen LogP contribution is 2.15. The Morgan fingerprint density at radius 2 is 1.69 bits per heavy atom. The smallest absolute Gasteiger partial charge is 0.251 e. The van der Waals surface area contributed by atoms with Crippen LogP contribution in [0, 0.1) is 0 Å². The number of para-hydroxylation sites is 2. The molecule has 0 atom stereocenters. The SMILES string of the molecule is O=C(CNC(=O)c1ccc2ccccc2c1)Nc1nc2ccccc2[nH]1. The molecule has 4 rings (SSSR count). The standard InChI is InChI=1S/C20H16N4O2/c25-18(24-20-22-16-7-3-4-8-17(16)23-20)12-21-19(26)15-10-9-13-5-1-2-6-14(13)11-15/h1-11H,12H2,(H,21,26)(H2,22,23,24,25). The first-order valence-corrected chi connectivity index (χ1v) is 8.21. The van der Waals surface area contributed by atoms with Gasteiger partial charge in [0.1, 0.15) is 0 Å². The van der Waals surface area contributed by atoms with Crippen molar-refractivity contribution in [1.82, 2.24) is 15.3 Å². The summed E-state index contributed by atoms with van der Waals surface area (Å²) in [6.07, 6.45) is 0. The molecule has 6 nitrogen and oxygen atoms in total. The van der Waals surface area contributed by atoms with Crippen LogP contribution in [0.25, 0.3) is 21.8 Å². The van der Waals surface area contributed by atoms with E-state index in [4.69, 9.17) is 0 Å². The van der Waals surface area contributed by atoms with Crippen LogP contribution in [0.15, 0.2) is 66.7 Å². The number of hydrogen-bond donors (Lipinski definition) is 3. The molecule has 0 radical (unpaired) electrons. The van der Waals surface area contributed by atoms with Crippen molar-refractivity contribution in [2.45, 2.75) is 0 Å². The fraction of sp³-hybridized carbons (Fsp3) is 0.0500. The van der Waals surface area contributed by atoms with Crippen molar-refractivity contribution in [3.63, 3.8) is 0 Å². The van der Waals surface area contributed by atoms with E-state index in [1.165, 1.54) is 0 Å². The highest BCUT2D eigenvalue weighted by molar-refractivity contribution is 6.01. The predicted molar refractivity (Wildman–Crippen MR) is 101 cm³/mol. The minimum Gasteiger partial charge on any atom is -0.343 e. The van der Waals surface area contributed by atoms with Crippen LogP contribution in [0.4, 0.5) is 5.95 Å². The lowest BCUT2D eigenvalue weighted by atomic mass is 10.1. The van der Waals surface area contributed by atoms with Gasteiger partial charge in [-0.1, -0.05) is 42.5 Å². The van der Waals surface area contributed by atoms with Gasteiger partial charge in [-0.25, -0.2) is 4.98 Å². The third-order valence-corrected chi connectivity index (χ3v) is 4.07. The molecule has 26 heavy (non-hydrogen) atoms. The number of amides is 2. The maximum Gasteiger partial charge on any atom is 0.251 e. The first-order valence-electron chi connectivity index (χ1n) is 8.21.